The van der Waals surface area contributed by atoms with Crippen molar-refractivity contribution >= 4 is 17.0 Å². The van der Waals surface area contributed by atoms with Crippen molar-refractivity contribution in [3.63, 3.8) is 0 Å². The van der Waals surface area contributed by atoms with Crippen LogP contribution in [-0.4, -0.2) is 62.1 Å². The van der Waals surface area contributed by atoms with Gasteiger partial charge in [0.15, 0.2) is 0 Å². The molecule has 3 aromatic rings. The zero-order valence-corrected chi connectivity index (χ0v) is 22.7. The van der Waals surface area contributed by atoms with E-state index < -0.39 is 23.8 Å². The van der Waals surface area contributed by atoms with Gasteiger partial charge in [-0.2, -0.15) is 0 Å². The highest BCUT2D eigenvalue weighted by Gasteiger charge is 2.54. The third-order valence-electron chi connectivity index (χ3n) is 9.97. The second-order valence-corrected chi connectivity index (χ2v) is 12.6. The number of carbonyl (C=O) groups is 1. The van der Waals surface area contributed by atoms with Gasteiger partial charge in [0.05, 0.1) is 24.3 Å². The minimum absolute atomic E-state index is 0.000991. The van der Waals surface area contributed by atoms with Gasteiger partial charge in [0.25, 0.3) is 0 Å². The molecule has 7 heteroatoms. The van der Waals surface area contributed by atoms with Crippen molar-refractivity contribution in [2.45, 2.75) is 69.2 Å². The topological polar surface area (TPSA) is 109 Å². The standard InChI is InChI=1S/C32H41N3O4/c1-32(16-25-17-33-27-10-6-5-9-26(25)27,19-34-28(18-36)30(37)22-7-3-2-4-8-22)35(31(38)39)29-23-12-20-11-21(14-23)15-24(29)13-20/h2-10,17,20-21,23-24,28-30,33-34,36-37H,11-16,18-19H2,1H3,(H,38,39). The van der Waals surface area contributed by atoms with Gasteiger partial charge in [0, 0.05) is 29.7 Å². The first-order valence-electron chi connectivity index (χ1n) is 14.5. The van der Waals surface area contributed by atoms with Crippen molar-refractivity contribution in [2.75, 3.05) is 13.2 Å². The number of para-hydroxylation sites is 1. The second kappa shape index (κ2) is 10.6. The van der Waals surface area contributed by atoms with Gasteiger partial charge in [0.1, 0.15) is 0 Å². The minimum Gasteiger partial charge on any atom is -0.465 e. The van der Waals surface area contributed by atoms with Gasteiger partial charge < -0.3 is 25.6 Å². The fourth-order valence-corrected chi connectivity index (χ4v) is 8.47. The number of benzene rings is 2. The summed E-state index contributed by atoms with van der Waals surface area (Å²) in [6.07, 6.45) is 6.58. The van der Waals surface area contributed by atoms with E-state index >= 15 is 0 Å². The summed E-state index contributed by atoms with van der Waals surface area (Å²) in [5.74, 6) is 2.31. The molecule has 39 heavy (non-hydrogen) atoms. The molecule has 1 amide bonds. The Balaban J connectivity index is 1.33. The van der Waals surface area contributed by atoms with E-state index in [0.29, 0.717) is 24.8 Å². The van der Waals surface area contributed by atoms with E-state index in [4.69, 9.17) is 0 Å². The van der Waals surface area contributed by atoms with Crippen molar-refractivity contribution in [3.8, 4) is 0 Å². The maximum atomic E-state index is 13.2. The average Bonchev–Trinajstić information content (AvgIpc) is 3.33. The number of nitrogens with one attached hydrogen (secondary N) is 2. The van der Waals surface area contributed by atoms with Crippen LogP contribution in [0.4, 0.5) is 4.79 Å². The van der Waals surface area contributed by atoms with Gasteiger partial charge in [0.2, 0.25) is 0 Å². The molecule has 3 unspecified atom stereocenters. The van der Waals surface area contributed by atoms with Crippen LogP contribution in [0.3, 0.4) is 0 Å². The lowest BCUT2D eigenvalue weighted by Gasteiger charge is -2.59. The van der Waals surface area contributed by atoms with Gasteiger partial charge in [-0.25, -0.2) is 4.79 Å². The summed E-state index contributed by atoms with van der Waals surface area (Å²) in [7, 11) is 0. The van der Waals surface area contributed by atoms with Crippen LogP contribution in [0.1, 0.15) is 56.3 Å². The van der Waals surface area contributed by atoms with Gasteiger partial charge >= 0.3 is 6.09 Å². The summed E-state index contributed by atoms with van der Waals surface area (Å²) in [6, 6.07) is 16.8. The third kappa shape index (κ3) is 4.96. The summed E-state index contributed by atoms with van der Waals surface area (Å²) in [6.45, 7) is 2.10. The minimum atomic E-state index is -0.909. The molecular formula is C32H41N3O4. The molecule has 0 aliphatic heterocycles. The van der Waals surface area contributed by atoms with Crippen LogP contribution in [-0.2, 0) is 6.42 Å². The summed E-state index contributed by atoms with van der Waals surface area (Å²) in [5.41, 5.74) is 2.04. The zero-order valence-electron chi connectivity index (χ0n) is 22.7. The predicted molar refractivity (Wildman–Crippen MR) is 151 cm³/mol. The molecule has 3 atom stereocenters. The lowest BCUT2D eigenvalue weighted by atomic mass is 9.53. The molecule has 4 fully saturated rings. The van der Waals surface area contributed by atoms with Crippen molar-refractivity contribution in [3.05, 3.63) is 71.9 Å². The first-order chi connectivity index (χ1) is 18.9. The van der Waals surface area contributed by atoms with Crippen LogP contribution in [0.5, 0.6) is 0 Å². The molecule has 4 bridgehead atoms. The SMILES string of the molecule is CC(CNC(CO)C(O)c1ccccc1)(Cc1c[nH]c2ccccc12)N(C(=O)O)C1C2CC3CC(C2)CC1C3. The van der Waals surface area contributed by atoms with E-state index in [0.717, 1.165) is 59.5 Å². The van der Waals surface area contributed by atoms with Gasteiger partial charge in [-0.05, 0) is 86.3 Å². The number of H-pyrrole nitrogens is 1. The lowest BCUT2D eigenvalue weighted by Crippen LogP contribution is -2.67. The number of fused-ring (bicyclic) bond motifs is 1. The molecule has 4 saturated carbocycles. The third-order valence-corrected chi connectivity index (χ3v) is 9.97. The lowest BCUT2D eigenvalue weighted by molar-refractivity contribution is -0.0868. The maximum Gasteiger partial charge on any atom is 0.408 e. The van der Waals surface area contributed by atoms with E-state index in [-0.39, 0.29) is 12.6 Å². The Morgan fingerprint density at radius 1 is 1.03 bits per heavy atom. The first kappa shape index (κ1) is 26.4. The van der Waals surface area contributed by atoms with Crippen LogP contribution >= 0.6 is 0 Å². The Kier molecular flexibility index (Phi) is 7.16. The van der Waals surface area contributed by atoms with E-state index in [1.54, 1.807) is 4.90 Å². The fourth-order valence-electron chi connectivity index (χ4n) is 8.47. The van der Waals surface area contributed by atoms with Crippen molar-refractivity contribution in [2.24, 2.45) is 23.7 Å². The Labute approximate surface area is 230 Å². The number of aromatic amines is 1. The molecule has 7 nitrogen and oxygen atoms in total. The first-order valence-corrected chi connectivity index (χ1v) is 14.5. The van der Waals surface area contributed by atoms with Gasteiger partial charge in [-0.3, -0.25) is 4.90 Å². The monoisotopic (exact) mass is 531 g/mol. The zero-order chi connectivity index (χ0) is 27.1. The molecule has 0 saturated heterocycles. The number of nitrogens with zero attached hydrogens (tertiary/aromatic N) is 1. The van der Waals surface area contributed by atoms with Crippen molar-refractivity contribution < 1.29 is 20.1 Å². The number of hydrogen-bond donors (Lipinski definition) is 5. The predicted octanol–water partition coefficient (Wildman–Crippen LogP) is 4.96. The maximum absolute atomic E-state index is 13.2. The Hall–Kier alpha value is -2.87. The molecule has 2 aromatic carbocycles. The van der Waals surface area contributed by atoms with Crippen LogP contribution < -0.4 is 5.32 Å². The molecule has 208 valence electrons. The van der Waals surface area contributed by atoms with E-state index in [2.05, 4.69) is 16.4 Å². The van der Waals surface area contributed by atoms with E-state index in [1.807, 2.05) is 61.7 Å². The average molecular weight is 532 g/mol. The number of hydrogen-bond acceptors (Lipinski definition) is 4. The Bertz CT molecular complexity index is 1260. The van der Waals surface area contributed by atoms with Gasteiger partial charge in [-0.15, -0.1) is 0 Å². The molecular weight excluding hydrogens is 490 g/mol. The molecule has 0 spiro atoms. The molecule has 4 aliphatic rings. The number of aliphatic hydroxyl groups is 2. The number of amides is 1. The van der Waals surface area contributed by atoms with Gasteiger partial charge in [-0.1, -0.05) is 48.5 Å². The molecule has 7 rings (SSSR count). The number of aliphatic hydroxyl groups excluding tert-OH is 2. The normalized spacial score (nSPS) is 28.7. The van der Waals surface area contributed by atoms with Crippen molar-refractivity contribution in [1.82, 2.24) is 15.2 Å². The molecule has 1 heterocycles. The van der Waals surface area contributed by atoms with Crippen molar-refractivity contribution in [1.29, 1.82) is 0 Å². The quantitative estimate of drug-likeness (QED) is 0.254. The molecule has 4 aliphatic carbocycles. The summed E-state index contributed by atoms with van der Waals surface area (Å²) < 4.78 is 0. The van der Waals surface area contributed by atoms with Crippen LogP contribution in [0.2, 0.25) is 0 Å². The Morgan fingerprint density at radius 3 is 2.31 bits per heavy atom. The smallest absolute Gasteiger partial charge is 0.408 e. The van der Waals surface area contributed by atoms with Crippen LogP contribution in [0, 0.1) is 23.7 Å². The fraction of sp³-hybridized carbons (Fsp3) is 0.531. The molecule has 0 radical (unpaired) electrons. The highest BCUT2D eigenvalue weighted by atomic mass is 16.4. The number of aromatic nitrogens is 1. The molecule has 1 aromatic heterocycles. The summed E-state index contributed by atoms with van der Waals surface area (Å²) in [4.78, 5) is 18.4. The van der Waals surface area contributed by atoms with E-state index in [1.165, 1.54) is 6.42 Å². The summed E-state index contributed by atoms with van der Waals surface area (Å²) >= 11 is 0. The number of rotatable bonds is 10. The van der Waals surface area contributed by atoms with Crippen LogP contribution in [0.15, 0.2) is 60.8 Å². The molecule has 5 N–H and O–H groups in total. The largest absolute Gasteiger partial charge is 0.465 e. The van der Waals surface area contributed by atoms with Crippen LogP contribution in [0.25, 0.3) is 10.9 Å². The van der Waals surface area contributed by atoms with E-state index in [9.17, 15) is 20.1 Å². The highest BCUT2D eigenvalue weighted by molar-refractivity contribution is 5.83. The number of carboxylic acid groups (broad SMARTS) is 1. The highest BCUT2D eigenvalue weighted by Crippen LogP contribution is 2.56. The second-order valence-electron chi connectivity index (χ2n) is 12.6. The Morgan fingerprint density at radius 2 is 1.67 bits per heavy atom. The summed E-state index contributed by atoms with van der Waals surface area (Å²) in [5, 5.41) is 36.7.